The van der Waals surface area contributed by atoms with Gasteiger partial charge in [0, 0.05) is 43.6 Å². The minimum absolute atomic E-state index is 0.0473. The summed E-state index contributed by atoms with van der Waals surface area (Å²) in [7, 11) is -0.546. The average Bonchev–Trinajstić information content (AvgIpc) is 2.99. The predicted octanol–water partition coefficient (Wildman–Crippen LogP) is 7.89. The number of aromatic nitrogens is 2. The highest BCUT2D eigenvalue weighted by Gasteiger charge is 2.42. The zero-order valence-corrected chi connectivity index (χ0v) is 30.8. The normalized spacial score (nSPS) is 15.8. The van der Waals surface area contributed by atoms with E-state index in [9.17, 15) is 23.5 Å². The van der Waals surface area contributed by atoms with Gasteiger partial charge in [-0.1, -0.05) is 65.7 Å². The molecule has 4 rings (SSSR count). The molecule has 0 bridgehead atoms. The highest BCUT2D eigenvalue weighted by atomic mass is 28.3. The minimum Gasteiger partial charge on any atom is -0.385 e. The number of benzene rings is 1. The number of alkyl halides is 2. The Kier molecular flexibility index (Phi) is 10.9. The molecule has 1 aliphatic heterocycles. The highest BCUT2D eigenvalue weighted by molar-refractivity contribution is 6.90. The van der Waals surface area contributed by atoms with E-state index in [1.54, 1.807) is 24.9 Å². The Morgan fingerprint density at radius 2 is 1.60 bits per heavy atom. The van der Waals surface area contributed by atoms with Gasteiger partial charge in [0.25, 0.3) is 12.0 Å². The van der Waals surface area contributed by atoms with Crippen molar-refractivity contribution < 1.29 is 23.1 Å². The lowest BCUT2D eigenvalue weighted by Gasteiger charge is -2.38. The zero-order valence-electron chi connectivity index (χ0n) is 29.8. The lowest BCUT2D eigenvalue weighted by atomic mass is 9.84. The van der Waals surface area contributed by atoms with E-state index < -0.39 is 37.5 Å². The second kappa shape index (κ2) is 14.1. The zero-order chi connectivity index (χ0) is 35.9. The van der Waals surface area contributed by atoms with Crippen LogP contribution in [0.25, 0.3) is 10.9 Å². The molecule has 1 aliphatic rings. The summed E-state index contributed by atoms with van der Waals surface area (Å²) >= 11 is 0. The van der Waals surface area contributed by atoms with Gasteiger partial charge in [-0.15, -0.1) is 5.54 Å². The molecule has 0 unspecified atom stereocenters. The number of hydrogen-bond acceptors (Lipinski definition) is 5. The van der Waals surface area contributed by atoms with Crippen molar-refractivity contribution >= 4 is 30.7 Å². The first-order valence-electron chi connectivity index (χ1n) is 16.8. The van der Waals surface area contributed by atoms with Crippen molar-refractivity contribution in [3.63, 3.8) is 0 Å². The molecule has 1 amide bonds. The maximum atomic E-state index is 15.2. The van der Waals surface area contributed by atoms with Crippen LogP contribution in [0.5, 0.6) is 0 Å². The maximum Gasteiger partial charge on any atom is 0.266 e. The highest BCUT2D eigenvalue weighted by Crippen LogP contribution is 2.41. The van der Waals surface area contributed by atoms with Crippen LogP contribution in [0.2, 0.25) is 16.6 Å². The van der Waals surface area contributed by atoms with Gasteiger partial charge in [-0.05, 0) is 49.4 Å². The third kappa shape index (κ3) is 6.66. The number of carbonyl (C=O) groups excluding carboxylic acids is 1. The molecule has 7 nitrogen and oxygen atoms in total. The van der Waals surface area contributed by atoms with E-state index in [1.807, 2.05) is 6.92 Å². The molecule has 1 fully saturated rings. The Bertz CT molecular complexity index is 1800. The van der Waals surface area contributed by atoms with Crippen LogP contribution in [0.4, 0.5) is 19.0 Å². The number of anilines is 1. The summed E-state index contributed by atoms with van der Waals surface area (Å²) in [4.78, 5) is 32.6. The van der Waals surface area contributed by atoms with Crippen molar-refractivity contribution in [3.05, 3.63) is 68.4 Å². The second-order valence-corrected chi connectivity index (χ2v) is 19.8. The third-order valence-corrected chi connectivity index (χ3v) is 16.8. The van der Waals surface area contributed by atoms with Crippen molar-refractivity contribution in [2.24, 2.45) is 7.05 Å². The minimum atomic E-state index is -2.97. The van der Waals surface area contributed by atoms with E-state index in [1.165, 1.54) is 23.6 Å². The SMILES string of the molecule is CC(=O)N1CCC(O)(c2cc3c(N[C@H](C)c4cccc(C(F)F)c4F)nc(C)c(C#C[Si](C(C)C)(C(C)C)C(C)C)c3n(C)c2=O)CC1. The number of nitrogens with zero attached hydrogens (tertiary/aromatic N) is 3. The summed E-state index contributed by atoms with van der Waals surface area (Å²) in [5.74, 6) is 2.71. The summed E-state index contributed by atoms with van der Waals surface area (Å²) in [5, 5.41) is 15.6. The van der Waals surface area contributed by atoms with E-state index in [-0.39, 0.29) is 35.4 Å². The van der Waals surface area contributed by atoms with Crippen LogP contribution >= 0.6 is 0 Å². The van der Waals surface area contributed by atoms with Crippen LogP contribution in [0.3, 0.4) is 0 Å². The molecule has 0 radical (unpaired) electrons. The molecule has 2 aromatic heterocycles. The molecule has 1 saturated heterocycles. The van der Waals surface area contributed by atoms with Crippen molar-refractivity contribution in [1.82, 2.24) is 14.5 Å². The number of aryl methyl sites for hydroxylation is 2. The van der Waals surface area contributed by atoms with E-state index in [0.717, 1.165) is 6.07 Å². The molecule has 0 spiro atoms. The molecule has 2 N–H and O–H groups in total. The van der Waals surface area contributed by atoms with Gasteiger partial charge in [0.2, 0.25) is 5.91 Å². The Hall–Kier alpha value is -3.62. The topological polar surface area (TPSA) is 87.5 Å². The number of amides is 1. The summed E-state index contributed by atoms with van der Waals surface area (Å²) < 4.78 is 43.9. The van der Waals surface area contributed by atoms with Crippen LogP contribution in [-0.4, -0.2) is 46.6 Å². The number of aliphatic hydroxyl groups is 1. The molecule has 1 aromatic carbocycles. The summed E-state index contributed by atoms with van der Waals surface area (Å²) in [6.07, 6.45) is -2.62. The molecule has 0 aliphatic carbocycles. The molecule has 3 aromatic rings. The number of piperidine rings is 1. The Labute approximate surface area is 283 Å². The number of likely N-dealkylation sites (tertiary alicyclic amines) is 1. The first-order valence-corrected chi connectivity index (χ1v) is 19.0. The Morgan fingerprint density at radius 1 is 1.04 bits per heavy atom. The van der Waals surface area contributed by atoms with Gasteiger partial charge in [0.15, 0.2) is 0 Å². The third-order valence-electron chi connectivity index (χ3n) is 10.5. The molecule has 0 saturated carbocycles. The van der Waals surface area contributed by atoms with E-state index in [4.69, 9.17) is 4.98 Å². The molecular formula is C37H49F3N4O3Si. The van der Waals surface area contributed by atoms with Crippen LogP contribution in [0.1, 0.15) is 109 Å². The number of fused-ring (bicyclic) bond motifs is 1. The summed E-state index contributed by atoms with van der Waals surface area (Å²) in [6.45, 7) is 18.9. The molecule has 48 heavy (non-hydrogen) atoms. The number of pyridine rings is 2. The van der Waals surface area contributed by atoms with Gasteiger partial charge in [-0.3, -0.25) is 9.59 Å². The number of rotatable bonds is 8. The number of carbonyl (C=O) groups is 1. The fraction of sp³-hybridized carbons (Fsp3) is 0.541. The second-order valence-electron chi connectivity index (χ2n) is 14.2. The first kappa shape index (κ1) is 37.2. The van der Waals surface area contributed by atoms with Crippen molar-refractivity contribution in [1.29, 1.82) is 0 Å². The van der Waals surface area contributed by atoms with E-state index in [0.29, 0.717) is 57.7 Å². The number of hydrogen-bond donors (Lipinski definition) is 2. The lowest BCUT2D eigenvalue weighted by Crippen LogP contribution is -2.47. The largest absolute Gasteiger partial charge is 0.385 e. The number of nitrogens with one attached hydrogen (secondary N) is 1. The van der Waals surface area contributed by atoms with Crippen LogP contribution in [0, 0.1) is 24.2 Å². The van der Waals surface area contributed by atoms with E-state index in [2.05, 4.69) is 58.3 Å². The predicted molar refractivity (Wildman–Crippen MR) is 188 cm³/mol. The van der Waals surface area contributed by atoms with Gasteiger partial charge in [-0.2, -0.15) is 0 Å². The Morgan fingerprint density at radius 3 is 2.12 bits per heavy atom. The number of halogens is 3. The fourth-order valence-electron chi connectivity index (χ4n) is 7.69. The molecule has 260 valence electrons. The maximum absolute atomic E-state index is 15.2. The summed E-state index contributed by atoms with van der Waals surface area (Å²) in [6, 6.07) is 4.77. The molecule has 3 heterocycles. The van der Waals surface area contributed by atoms with Crippen LogP contribution < -0.4 is 10.9 Å². The van der Waals surface area contributed by atoms with Crippen LogP contribution in [0.15, 0.2) is 29.1 Å². The fourth-order valence-corrected chi connectivity index (χ4v) is 12.9. The van der Waals surface area contributed by atoms with Gasteiger partial charge in [-0.25, -0.2) is 18.2 Å². The van der Waals surface area contributed by atoms with Crippen molar-refractivity contribution in [2.75, 3.05) is 18.4 Å². The van der Waals surface area contributed by atoms with Gasteiger partial charge < -0.3 is 19.9 Å². The van der Waals surface area contributed by atoms with Crippen molar-refractivity contribution in [3.8, 4) is 11.5 Å². The quantitative estimate of drug-likeness (QED) is 0.186. The smallest absolute Gasteiger partial charge is 0.266 e. The Balaban J connectivity index is 2.00. The summed E-state index contributed by atoms with van der Waals surface area (Å²) in [5.41, 5.74) is 4.18. The van der Waals surface area contributed by atoms with Crippen LogP contribution in [-0.2, 0) is 17.4 Å². The first-order chi connectivity index (χ1) is 22.4. The molecule has 1 atom stereocenters. The van der Waals surface area contributed by atoms with Gasteiger partial charge in [0.1, 0.15) is 19.7 Å². The monoisotopic (exact) mass is 682 g/mol. The van der Waals surface area contributed by atoms with Crippen molar-refractivity contribution in [2.45, 2.75) is 110 Å². The molecule has 11 heteroatoms. The van der Waals surface area contributed by atoms with Gasteiger partial charge >= 0.3 is 0 Å². The van der Waals surface area contributed by atoms with E-state index >= 15 is 4.39 Å². The van der Waals surface area contributed by atoms with Gasteiger partial charge in [0.05, 0.1) is 34.0 Å². The lowest BCUT2D eigenvalue weighted by molar-refractivity contribution is -0.133. The standard InChI is InChI=1S/C37H49F3N4O3Si/c1-21(2)48(22(3)4,23(5)6)19-14-28-25(8)42-35(41-24(7)27-12-11-13-29(32(27)38)34(39)40)30-20-31(36(46)43(10)33(28)30)37(47)15-17-44(18-16-37)26(9)45/h11-13,20-24,34,47H,15-18H2,1-10H3,(H,41,42)/t24-/m1/s1. The average molecular weight is 683 g/mol. The molecular weight excluding hydrogens is 634 g/mol.